The Bertz CT molecular complexity index is 345. The summed E-state index contributed by atoms with van der Waals surface area (Å²) in [7, 11) is 5.55. The average Bonchev–Trinajstić information content (AvgIpc) is 2.33. The van der Waals surface area contributed by atoms with Gasteiger partial charge in [0.15, 0.2) is 5.82 Å². The summed E-state index contributed by atoms with van der Waals surface area (Å²) in [6.45, 7) is 1.52. The maximum Gasteiger partial charge on any atom is 0.262 e. The Kier molecular flexibility index (Phi) is 5.44. The number of rotatable bonds is 7. The molecule has 96 valence electrons. The lowest BCUT2D eigenvalue weighted by Crippen LogP contribution is -2.16. The van der Waals surface area contributed by atoms with Crippen molar-refractivity contribution in [1.82, 2.24) is 14.9 Å². The van der Waals surface area contributed by atoms with Crippen LogP contribution < -0.4 is 20.7 Å². The predicted octanol–water partition coefficient (Wildman–Crippen LogP) is 0.101. The standard InChI is InChI=1S/C10H19N5O2/c1-15(2)5-4-6-17-10-8(16-3)9(14-11)12-7-13-10/h7H,4-6,11H2,1-3H3,(H,12,13,14). The Labute approximate surface area is 101 Å². The molecule has 0 amide bonds. The van der Waals surface area contributed by atoms with Gasteiger partial charge in [-0.25, -0.2) is 10.8 Å². The van der Waals surface area contributed by atoms with Crippen molar-refractivity contribution in [3.05, 3.63) is 6.33 Å². The van der Waals surface area contributed by atoms with Crippen LogP contribution in [0.3, 0.4) is 0 Å². The fraction of sp³-hybridized carbons (Fsp3) is 0.600. The predicted molar refractivity (Wildman–Crippen MR) is 65.1 cm³/mol. The third-order valence-corrected chi connectivity index (χ3v) is 2.10. The Morgan fingerprint density at radius 1 is 1.41 bits per heavy atom. The zero-order chi connectivity index (χ0) is 12.7. The van der Waals surface area contributed by atoms with Gasteiger partial charge in [0.1, 0.15) is 6.33 Å². The first-order valence-electron chi connectivity index (χ1n) is 5.32. The molecule has 1 rings (SSSR count). The fourth-order valence-electron chi connectivity index (χ4n) is 1.30. The highest BCUT2D eigenvalue weighted by molar-refractivity contribution is 5.54. The lowest BCUT2D eigenvalue weighted by atomic mass is 10.4. The van der Waals surface area contributed by atoms with Crippen molar-refractivity contribution >= 4 is 5.82 Å². The van der Waals surface area contributed by atoms with Crippen molar-refractivity contribution in [2.45, 2.75) is 6.42 Å². The molecule has 0 aliphatic rings. The van der Waals surface area contributed by atoms with Crippen LogP contribution in [0.4, 0.5) is 5.82 Å². The number of anilines is 1. The van der Waals surface area contributed by atoms with Crippen LogP contribution >= 0.6 is 0 Å². The van der Waals surface area contributed by atoms with Crippen molar-refractivity contribution in [2.75, 3.05) is 39.8 Å². The number of hydrogen-bond acceptors (Lipinski definition) is 7. The molecule has 0 aliphatic heterocycles. The maximum absolute atomic E-state index is 5.52. The summed E-state index contributed by atoms with van der Waals surface area (Å²) < 4.78 is 10.7. The third-order valence-electron chi connectivity index (χ3n) is 2.10. The van der Waals surface area contributed by atoms with Gasteiger partial charge in [-0.15, -0.1) is 0 Å². The molecule has 0 saturated carbocycles. The van der Waals surface area contributed by atoms with Gasteiger partial charge in [-0.1, -0.05) is 0 Å². The van der Waals surface area contributed by atoms with Gasteiger partial charge in [-0.3, -0.25) is 0 Å². The quantitative estimate of drug-likeness (QED) is 0.398. The van der Waals surface area contributed by atoms with Gasteiger partial charge >= 0.3 is 0 Å². The summed E-state index contributed by atoms with van der Waals surface area (Å²) in [6, 6.07) is 0. The topological polar surface area (TPSA) is 85.5 Å². The molecular formula is C10H19N5O2. The van der Waals surface area contributed by atoms with E-state index in [-0.39, 0.29) is 0 Å². The number of nitrogens with one attached hydrogen (secondary N) is 1. The van der Waals surface area contributed by atoms with E-state index in [1.54, 1.807) is 0 Å². The Hall–Kier alpha value is -1.60. The highest BCUT2D eigenvalue weighted by atomic mass is 16.5. The van der Waals surface area contributed by atoms with Crippen LogP contribution in [-0.4, -0.2) is 49.2 Å². The molecule has 0 saturated heterocycles. The van der Waals surface area contributed by atoms with Crippen LogP contribution in [0.5, 0.6) is 11.6 Å². The molecule has 17 heavy (non-hydrogen) atoms. The molecule has 0 bridgehead atoms. The van der Waals surface area contributed by atoms with Crippen LogP contribution in [0.1, 0.15) is 6.42 Å². The molecule has 1 aromatic heterocycles. The average molecular weight is 241 g/mol. The SMILES string of the molecule is COc1c(NN)ncnc1OCCCN(C)C. The summed E-state index contributed by atoms with van der Waals surface area (Å²) in [5.41, 5.74) is 2.43. The minimum absolute atomic E-state index is 0.397. The number of nitrogen functional groups attached to an aromatic ring is 1. The highest BCUT2D eigenvalue weighted by Gasteiger charge is 2.12. The molecule has 0 aliphatic carbocycles. The van der Waals surface area contributed by atoms with Gasteiger partial charge in [-0.05, 0) is 20.5 Å². The Morgan fingerprint density at radius 2 is 2.18 bits per heavy atom. The van der Waals surface area contributed by atoms with Crippen LogP contribution in [0, 0.1) is 0 Å². The number of nitrogens with zero attached hydrogens (tertiary/aromatic N) is 3. The summed E-state index contributed by atoms with van der Waals surface area (Å²) in [4.78, 5) is 10.0. The number of aromatic nitrogens is 2. The van der Waals surface area contributed by atoms with E-state index in [0.717, 1.165) is 13.0 Å². The second-order valence-electron chi connectivity index (χ2n) is 3.71. The first-order valence-corrected chi connectivity index (χ1v) is 5.32. The van der Waals surface area contributed by atoms with E-state index in [4.69, 9.17) is 15.3 Å². The maximum atomic E-state index is 5.52. The normalized spacial score (nSPS) is 10.4. The Balaban J connectivity index is 2.58. The molecule has 0 unspecified atom stereocenters. The zero-order valence-electron chi connectivity index (χ0n) is 10.4. The van der Waals surface area contributed by atoms with E-state index in [1.807, 2.05) is 14.1 Å². The first kappa shape index (κ1) is 13.5. The molecule has 1 aromatic rings. The summed E-state index contributed by atoms with van der Waals surface area (Å²) in [5, 5.41) is 0. The molecule has 0 fully saturated rings. The van der Waals surface area contributed by atoms with E-state index in [2.05, 4.69) is 20.3 Å². The highest BCUT2D eigenvalue weighted by Crippen LogP contribution is 2.29. The van der Waals surface area contributed by atoms with Gasteiger partial charge in [0.25, 0.3) is 5.88 Å². The number of ether oxygens (including phenoxy) is 2. The fourth-order valence-corrected chi connectivity index (χ4v) is 1.30. The minimum atomic E-state index is 0.397. The van der Waals surface area contributed by atoms with Gasteiger partial charge in [0.2, 0.25) is 5.75 Å². The van der Waals surface area contributed by atoms with Crippen molar-refractivity contribution in [3.8, 4) is 11.6 Å². The first-order chi connectivity index (χ1) is 8.19. The van der Waals surface area contributed by atoms with Crippen molar-refractivity contribution in [3.63, 3.8) is 0 Å². The van der Waals surface area contributed by atoms with Crippen molar-refractivity contribution in [1.29, 1.82) is 0 Å². The smallest absolute Gasteiger partial charge is 0.262 e. The van der Waals surface area contributed by atoms with Crippen LogP contribution in [0.15, 0.2) is 6.33 Å². The van der Waals surface area contributed by atoms with Gasteiger partial charge in [-0.2, -0.15) is 4.98 Å². The lowest BCUT2D eigenvalue weighted by Gasteiger charge is -2.13. The molecule has 0 radical (unpaired) electrons. The molecule has 7 nitrogen and oxygen atoms in total. The molecule has 0 spiro atoms. The van der Waals surface area contributed by atoms with E-state index >= 15 is 0 Å². The van der Waals surface area contributed by atoms with E-state index in [0.29, 0.717) is 24.1 Å². The molecule has 1 heterocycles. The van der Waals surface area contributed by atoms with E-state index in [1.165, 1.54) is 13.4 Å². The second kappa shape index (κ2) is 6.87. The zero-order valence-corrected chi connectivity index (χ0v) is 10.4. The largest absolute Gasteiger partial charge is 0.489 e. The van der Waals surface area contributed by atoms with Crippen LogP contribution in [0.25, 0.3) is 0 Å². The third kappa shape index (κ3) is 4.04. The Morgan fingerprint density at radius 3 is 2.76 bits per heavy atom. The van der Waals surface area contributed by atoms with Crippen LogP contribution in [-0.2, 0) is 0 Å². The monoisotopic (exact) mass is 241 g/mol. The number of nitrogens with two attached hydrogens (primary N) is 1. The van der Waals surface area contributed by atoms with E-state index < -0.39 is 0 Å². The van der Waals surface area contributed by atoms with Gasteiger partial charge in [0, 0.05) is 6.54 Å². The summed E-state index contributed by atoms with van der Waals surface area (Å²) in [5.74, 6) is 6.53. The summed E-state index contributed by atoms with van der Waals surface area (Å²) in [6.07, 6.45) is 2.28. The van der Waals surface area contributed by atoms with Gasteiger partial charge < -0.3 is 19.8 Å². The molecular weight excluding hydrogens is 222 g/mol. The summed E-state index contributed by atoms with van der Waals surface area (Å²) >= 11 is 0. The lowest BCUT2D eigenvalue weighted by molar-refractivity contribution is 0.258. The van der Waals surface area contributed by atoms with Gasteiger partial charge in [0.05, 0.1) is 13.7 Å². The molecule has 7 heteroatoms. The minimum Gasteiger partial charge on any atom is -0.489 e. The number of hydrazine groups is 1. The number of hydrogen-bond donors (Lipinski definition) is 2. The molecule has 0 aromatic carbocycles. The van der Waals surface area contributed by atoms with Crippen molar-refractivity contribution in [2.24, 2.45) is 5.84 Å². The van der Waals surface area contributed by atoms with E-state index in [9.17, 15) is 0 Å². The van der Waals surface area contributed by atoms with Crippen molar-refractivity contribution < 1.29 is 9.47 Å². The second-order valence-corrected chi connectivity index (χ2v) is 3.71. The molecule has 3 N–H and O–H groups in total. The van der Waals surface area contributed by atoms with Crippen LogP contribution in [0.2, 0.25) is 0 Å². The molecule has 0 atom stereocenters. The number of methoxy groups -OCH3 is 1.